The van der Waals surface area contributed by atoms with Crippen LogP contribution in [-0.2, 0) is 0 Å². The van der Waals surface area contributed by atoms with Gasteiger partial charge >= 0.3 is 0 Å². The SMILES string of the molecule is [c]1ccc2[nH]c(-c3ccncc3)cc2c1. The van der Waals surface area contributed by atoms with Crippen molar-refractivity contribution in [2.45, 2.75) is 0 Å². The van der Waals surface area contributed by atoms with E-state index in [4.69, 9.17) is 0 Å². The molecule has 71 valence electrons. The lowest BCUT2D eigenvalue weighted by atomic mass is 10.2. The summed E-state index contributed by atoms with van der Waals surface area (Å²) in [6.07, 6.45) is 3.60. The number of fused-ring (bicyclic) bond motifs is 1. The number of rotatable bonds is 1. The van der Waals surface area contributed by atoms with Crippen LogP contribution in [0.15, 0.2) is 48.8 Å². The molecule has 1 N–H and O–H groups in total. The Morgan fingerprint density at radius 1 is 1.13 bits per heavy atom. The zero-order valence-electron chi connectivity index (χ0n) is 8.07. The lowest BCUT2D eigenvalue weighted by molar-refractivity contribution is 1.32. The standard InChI is InChI=1S/C13H9N2/c1-2-4-12-11(3-1)9-13(15-12)10-5-7-14-8-6-10/h2-9,15H. The molecule has 3 aromatic rings. The molecule has 0 fully saturated rings. The van der Waals surface area contributed by atoms with E-state index in [9.17, 15) is 0 Å². The van der Waals surface area contributed by atoms with Gasteiger partial charge in [0.2, 0.25) is 0 Å². The number of aromatic amines is 1. The molecular formula is C13H9N2. The maximum atomic E-state index is 4.00. The number of hydrogen-bond donors (Lipinski definition) is 1. The van der Waals surface area contributed by atoms with E-state index in [1.165, 1.54) is 5.39 Å². The smallest absolute Gasteiger partial charge is 0.0465 e. The molecule has 2 heterocycles. The summed E-state index contributed by atoms with van der Waals surface area (Å²) in [5.74, 6) is 0. The second-order valence-corrected chi connectivity index (χ2v) is 3.43. The third-order valence-corrected chi connectivity index (χ3v) is 2.46. The Balaban J connectivity index is 2.21. The number of pyridine rings is 1. The fraction of sp³-hybridized carbons (Fsp3) is 0. The van der Waals surface area contributed by atoms with Crippen LogP contribution in [0.4, 0.5) is 0 Å². The summed E-state index contributed by atoms with van der Waals surface area (Å²) in [6, 6.07) is 15.1. The Labute approximate surface area is 87.6 Å². The van der Waals surface area contributed by atoms with Crippen molar-refractivity contribution in [3.63, 3.8) is 0 Å². The highest BCUT2D eigenvalue weighted by atomic mass is 14.7. The summed E-state index contributed by atoms with van der Waals surface area (Å²) in [4.78, 5) is 7.37. The highest BCUT2D eigenvalue weighted by Gasteiger charge is 2.01. The van der Waals surface area contributed by atoms with Gasteiger partial charge in [-0.05, 0) is 36.4 Å². The first-order valence-corrected chi connectivity index (χ1v) is 4.83. The van der Waals surface area contributed by atoms with Crippen molar-refractivity contribution >= 4 is 10.9 Å². The molecule has 3 rings (SSSR count). The lowest BCUT2D eigenvalue weighted by Crippen LogP contribution is -1.76. The minimum absolute atomic E-state index is 1.12. The number of nitrogens with one attached hydrogen (secondary N) is 1. The molecule has 0 bridgehead atoms. The van der Waals surface area contributed by atoms with Gasteiger partial charge in [-0.15, -0.1) is 0 Å². The number of hydrogen-bond acceptors (Lipinski definition) is 1. The van der Waals surface area contributed by atoms with Crippen LogP contribution in [0, 0.1) is 6.07 Å². The molecule has 0 amide bonds. The van der Waals surface area contributed by atoms with E-state index in [1.807, 2.05) is 30.3 Å². The molecule has 2 aromatic heterocycles. The largest absolute Gasteiger partial charge is 0.355 e. The molecule has 0 atom stereocenters. The summed E-state index contributed by atoms with van der Waals surface area (Å²) in [5, 5.41) is 1.18. The van der Waals surface area contributed by atoms with Crippen LogP contribution in [0.3, 0.4) is 0 Å². The van der Waals surface area contributed by atoms with Gasteiger partial charge in [0.1, 0.15) is 0 Å². The van der Waals surface area contributed by atoms with Crippen molar-refractivity contribution in [3.05, 3.63) is 54.9 Å². The van der Waals surface area contributed by atoms with E-state index in [2.05, 4.69) is 22.1 Å². The predicted molar refractivity (Wildman–Crippen MR) is 60.4 cm³/mol. The zero-order valence-corrected chi connectivity index (χ0v) is 8.07. The van der Waals surface area contributed by atoms with Crippen LogP contribution < -0.4 is 0 Å². The molecular weight excluding hydrogens is 184 g/mol. The van der Waals surface area contributed by atoms with Crippen molar-refractivity contribution in [2.75, 3.05) is 0 Å². The summed E-state index contributed by atoms with van der Waals surface area (Å²) >= 11 is 0. The Bertz CT molecular complexity index is 549. The van der Waals surface area contributed by atoms with Gasteiger partial charge in [0.25, 0.3) is 0 Å². The third-order valence-electron chi connectivity index (χ3n) is 2.46. The van der Waals surface area contributed by atoms with Crippen LogP contribution in [0.2, 0.25) is 0 Å². The molecule has 0 saturated carbocycles. The Morgan fingerprint density at radius 3 is 2.80 bits per heavy atom. The fourth-order valence-electron chi connectivity index (χ4n) is 1.70. The number of benzene rings is 1. The second-order valence-electron chi connectivity index (χ2n) is 3.43. The molecule has 0 spiro atoms. The third kappa shape index (κ3) is 1.40. The summed E-state index contributed by atoms with van der Waals surface area (Å²) in [6.45, 7) is 0. The van der Waals surface area contributed by atoms with E-state index >= 15 is 0 Å². The van der Waals surface area contributed by atoms with Crippen molar-refractivity contribution in [1.29, 1.82) is 0 Å². The first kappa shape index (κ1) is 8.24. The molecule has 15 heavy (non-hydrogen) atoms. The second kappa shape index (κ2) is 3.24. The minimum atomic E-state index is 1.12. The molecule has 0 aliphatic rings. The van der Waals surface area contributed by atoms with E-state index in [1.54, 1.807) is 12.4 Å². The van der Waals surface area contributed by atoms with Gasteiger partial charge < -0.3 is 4.98 Å². The van der Waals surface area contributed by atoms with Crippen LogP contribution in [0.1, 0.15) is 0 Å². The van der Waals surface area contributed by atoms with Gasteiger partial charge in [-0.2, -0.15) is 0 Å². The van der Waals surface area contributed by atoms with Crippen LogP contribution in [-0.4, -0.2) is 9.97 Å². The quantitative estimate of drug-likeness (QED) is 0.632. The Hall–Kier alpha value is -2.09. The average Bonchev–Trinajstić information content (AvgIpc) is 2.74. The van der Waals surface area contributed by atoms with Gasteiger partial charge in [0.15, 0.2) is 0 Å². The maximum absolute atomic E-state index is 4.00. The highest BCUT2D eigenvalue weighted by molar-refractivity contribution is 5.85. The first-order valence-electron chi connectivity index (χ1n) is 4.83. The maximum Gasteiger partial charge on any atom is 0.0465 e. The molecule has 1 radical (unpaired) electrons. The van der Waals surface area contributed by atoms with Crippen molar-refractivity contribution < 1.29 is 0 Å². The summed E-state index contributed by atoms with van der Waals surface area (Å²) in [7, 11) is 0. The van der Waals surface area contributed by atoms with Crippen molar-refractivity contribution in [1.82, 2.24) is 9.97 Å². The molecule has 0 unspecified atom stereocenters. The monoisotopic (exact) mass is 193 g/mol. The van der Waals surface area contributed by atoms with Gasteiger partial charge in [-0.25, -0.2) is 0 Å². The van der Waals surface area contributed by atoms with Crippen molar-refractivity contribution in [3.8, 4) is 11.3 Å². The molecule has 0 aliphatic carbocycles. The minimum Gasteiger partial charge on any atom is -0.355 e. The van der Waals surface area contributed by atoms with Gasteiger partial charge in [0, 0.05) is 34.6 Å². The van der Waals surface area contributed by atoms with Gasteiger partial charge in [-0.1, -0.05) is 6.07 Å². The fourth-order valence-corrected chi connectivity index (χ4v) is 1.70. The molecule has 0 aliphatic heterocycles. The zero-order chi connectivity index (χ0) is 10.1. The van der Waals surface area contributed by atoms with Gasteiger partial charge in [0.05, 0.1) is 0 Å². The average molecular weight is 193 g/mol. The number of aromatic nitrogens is 2. The van der Waals surface area contributed by atoms with Crippen molar-refractivity contribution in [2.24, 2.45) is 0 Å². The predicted octanol–water partition coefficient (Wildman–Crippen LogP) is 3.03. The number of nitrogens with zero attached hydrogens (tertiary/aromatic N) is 1. The number of H-pyrrole nitrogens is 1. The lowest BCUT2D eigenvalue weighted by Gasteiger charge is -1.94. The first-order chi connectivity index (χ1) is 7.43. The highest BCUT2D eigenvalue weighted by Crippen LogP contribution is 2.22. The van der Waals surface area contributed by atoms with E-state index < -0.39 is 0 Å². The normalized spacial score (nSPS) is 10.7. The molecule has 0 saturated heterocycles. The van der Waals surface area contributed by atoms with Crippen LogP contribution >= 0.6 is 0 Å². The van der Waals surface area contributed by atoms with Crippen LogP contribution in [0.25, 0.3) is 22.2 Å². The molecule has 2 heteroatoms. The molecule has 2 nitrogen and oxygen atoms in total. The van der Waals surface area contributed by atoms with E-state index in [0.717, 1.165) is 16.8 Å². The van der Waals surface area contributed by atoms with Gasteiger partial charge in [-0.3, -0.25) is 4.98 Å². The summed E-state index contributed by atoms with van der Waals surface area (Å²) < 4.78 is 0. The van der Waals surface area contributed by atoms with Crippen LogP contribution in [0.5, 0.6) is 0 Å². The van der Waals surface area contributed by atoms with E-state index in [-0.39, 0.29) is 0 Å². The summed E-state index contributed by atoms with van der Waals surface area (Å²) in [5.41, 5.74) is 3.41. The Morgan fingerprint density at radius 2 is 2.00 bits per heavy atom. The van der Waals surface area contributed by atoms with E-state index in [0.29, 0.717) is 0 Å². The topological polar surface area (TPSA) is 28.7 Å². The Kier molecular flexibility index (Phi) is 1.78. The molecule has 1 aromatic carbocycles.